The molecule has 1 amide bonds. The van der Waals surface area contributed by atoms with Gasteiger partial charge in [0, 0.05) is 5.69 Å². The maximum absolute atomic E-state index is 13.3. The number of nitrogens with one attached hydrogen (secondary N) is 1. The fourth-order valence-electron chi connectivity index (χ4n) is 2.34. The second kappa shape index (κ2) is 6.60. The van der Waals surface area contributed by atoms with Gasteiger partial charge in [0.2, 0.25) is 0 Å². The molecule has 0 unspecified atom stereocenters. The lowest BCUT2D eigenvalue weighted by Crippen LogP contribution is -2.13. The molecule has 0 radical (unpaired) electrons. The van der Waals surface area contributed by atoms with E-state index in [2.05, 4.69) is 15.4 Å². The van der Waals surface area contributed by atoms with Gasteiger partial charge in [0.05, 0.1) is 28.2 Å². The molecule has 2 heterocycles. The summed E-state index contributed by atoms with van der Waals surface area (Å²) in [4.78, 5) is 16.4. The van der Waals surface area contributed by atoms with E-state index in [1.807, 2.05) is 19.9 Å². The molecule has 1 N–H and O–H groups in total. The van der Waals surface area contributed by atoms with Crippen LogP contribution in [0.2, 0.25) is 5.02 Å². The molecule has 0 atom stereocenters. The number of carbonyl (C=O) groups excluding carboxylic acids is 1. The van der Waals surface area contributed by atoms with E-state index in [1.165, 1.54) is 6.20 Å². The largest absolute Gasteiger partial charge is 0.321 e. The van der Waals surface area contributed by atoms with E-state index in [1.54, 1.807) is 16.8 Å². The lowest BCUT2D eigenvalue weighted by Gasteiger charge is -2.08. The Bertz CT molecular complexity index is 954. The van der Waals surface area contributed by atoms with Gasteiger partial charge in [-0.05, 0) is 44.2 Å². The number of rotatable bonds is 3. The third-order valence-electron chi connectivity index (χ3n) is 3.49. The van der Waals surface area contributed by atoms with Crippen molar-refractivity contribution in [2.75, 3.05) is 5.32 Å². The molecule has 25 heavy (non-hydrogen) atoms. The van der Waals surface area contributed by atoms with E-state index >= 15 is 0 Å². The molecule has 0 bridgehead atoms. The van der Waals surface area contributed by atoms with Crippen molar-refractivity contribution >= 4 is 23.2 Å². The van der Waals surface area contributed by atoms with Gasteiger partial charge in [-0.25, -0.2) is 18.4 Å². The Hall–Kier alpha value is -2.80. The van der Waals surface area contributed by atoms with Gasteiger partial charge in [0.15, 0.2) is 17.5 Å². The van der Waals surface area contributed by atoms with Gasteiger partial charge in [-0.2, -0.15) is 5.10 Å². The highest BCUT2D eigenvalue weighted by atomic mass is 35.5. The first-order chi connectivity index (χ1) is 11.8. The van der Waals surface area contributed by atoms with Crippen LogP contribution in [-0.2, 0) is 0 Å². The Kier molecular flexibility index (Phi) is 4.50. The summed E-state index contributed by atoms with van der Waals surface area (Å²) < 4.78 is 28.1. The number of halogens is 3. The number of pyridine rings is 1. The summed E-state index contributed by atoms with van der Waals surface area (Å²) in [6, 6.07) is 6.75. The highest BCUT2D eigenvalue weighted by molar-refractivity contribution is 6.34. The molecule has 3 rings (SSSR count). The second-order valence-electron chi connectivity index (χ2n) is 5.44. The van der Waals surface area contributed by atoms with Crippen LogP contribution in [0.1, 0.15) is 21.7 Å². The van der Waals surface area contributed by atoms with Gasteiger partial charge < -0.3 is 5.32 Å². The van der Waals surface area contributed by atoms with E-state index in [0.29, 0.717) is 11.5 Å². The number of aryl methyl sites for hydroxylation is 2. The van der Waals surface area contributed by atoms with E-state index in [0.717, 1.165) is 23.5 Å². The number of aromatic nitrogens is 3. The minimum absolute atomic E-state index is 0.164. The molecule has 0 saturated carbocycles. The topological polar surface area (TPSA) is 59.8 Å². The van der Waals surface area contributed by atoms with Crippen LogP contribution in [0.4, 0.5) is 14.5 Å². The zero-order chi connectivity index (χ0) is 18.1. The maximum Gasteiger partial charge on any atom is 0.257 e. The van der Waals surface area contributed by atoms with Crippen LogP contribution in [0, 0.1) is 25.5 Å². The lowest BCUT2D eigenvalue weighted by atomic mass is 10.2. The third-order valence-corrected chi connectivity index (χ3v) is 3.80. The molecular formula is C17H13ClF2N4O. The maximum atomic E-state index is 13.3. The summed E-state index contributed by atoms with van der Waals surface area (Å²) in [6.07, 6.45) is 1.44. The summed E-state index contributed by atoms with van der Waals surface area (Å²) in [5.74, 6) is -2.33. The average molecular weight is 363 g/mol. The number of nitrogens with zero attached hydrogens (tertiary/aromatic N) is 3. The number of benzene rings is 1. The van der Waals surface area contributed by atoms with Crippen molar-refractivity contribution in [3.05, 3.63) is 70.1 Å². The first-order valence-electron chi connectivity index (χ1n) is 7.31. The quantitative estimate of drug-likeness (QED) is 0.714. The van der Waals surface area contributed by atoms with Crippen LogP contribution < -0.4 is 5.32 Å². The molecule has 1 aromatic carbocycles. The van der Waals surface area contributed by atoms with Crippen molar-refractivity contribution in [2.24, 2.45) is 0 Å². The van der Waals surface area contributed by atoms with E-state index in [-0.39, 0.29) is 10.6 Å². The lowest BCUT2D eigenvalue weighted by molar-refractivity contribution is 0.102. The van der Waals surface area contributed by atoms with Gasteiger partial charge in [-0.15, -0.1) is 0 Å². The van der Waals surface area contributed by atoms with Crippen molar-refractivity contribution in [2.45, 2.75) is 13.8 Å². The van der Waals surface area contributed by atoms with Crippen LogP contribution in [0.5, 0.6) is 0 Å². The normalized spacial score (nSPS) is 10.8. The fraction of sp³-hybridized carbons (Fsp3) is 0.118. The fourth-order valence-corrected chi connectivity index (χ4v) is 2.58. The smallest absolute Gasteiger partial charge is 0.257 e. The molecule has 0 aliphatic carbocycles. The Morgan fingerprint density at radius 2 is 1.88 bits per heavy atom. The first kappa shape index (κ1) is 17.0. The summed E-state index contributed by atoms with van der Waals surface area (Å²) in [6.45, 7) is 3.78. The molecule has 0 spiro atoms. The molecule has 128 valence electrons. The Balaban J connectivity index is 1.81. The minimum atomic E-state index is -1.15. The predicted octanol–water partition coefficient (Wildman–Crippen LogP) is 4.07. The van der Waals surface area contributed by atoms with Crippen LogP contribution >= 0.6 is 11.6 Å². The standard InChI is InChI=1S/C17H13ClF2N4O/c1-9-5-10(2)24(23-9)16-4-3-11(8-21-16)22-17(25)12-6-14(19)15(20)7-13(12)18/h3-8H,1-2H3,(H,22,25). The second-order valence-corrected chi connectivity index (χ2v) is 5.85. The highest BCUT2D eigenvalue weighted by Crippen LogP contribution is 2.21. The minimum Gasteiger partial charge on any atom is -0.321 e. The summed E-state index contributed by atoms with van der Waals surface area (Å²) in [5.41, 5.74) is 2.01. The molecule has 0 aliphatic rings. The molecule has 5 nitrogen and oxygen atoms in total. The van der Waals surface area contributed by atoms with E-state index < -0.39 is 17.5 Å². The summed E-state index contributed by atoms with van der Waals surface area (Å²) in [7, 11) is 0. The van der Waals surface area contributed by atoms with Crippen LogP contribution in [0.25, 0.3) is 5.82 Å². The van der Waals surface area contributed by atoms with Gasteiger partial charge in [-0.3, -0.25) is 4.79 Å². The molecule has 0 saturated heterocycles. The zero-order valence-electron chi connectivity index (χ0n) is 13.3. The van der Waals surface area contributed by atoms with Gasteiger partial charge in [0.1, 0.15) is 0 Å². The third kappa shape index (κ3) is 3.51. The van der Waals surface area contributed by atoms with Crippen LogP contribution in [0.3, 0.4) is 0 Å². The average Bonchev–Trinajstić information content (AvgIpc) is 2.90. The van der Waals surface area contributed by atoms with Crippen molar-refractivity contribution in [3.8, 4) is 5.82 Å². The SMILES string of the molecule is Cc1cc(C)n(-c2ccc(NC(=O)c3cc(F)c(F)cc3Cl)cn2)n1. The Morgan fingerprint density at radius 3 is 2.48 bits per heavy atom. The summed E-state index contributed by atoms with van der Waals surface area (Å²) in [5, 5.41) is 6.68. The highest BCUT2D eigenvalue weighted by Gasteiger charge is 2.15. The first-order valence-corrected chi connectivity index (χ1v) is 7.68. The molecule has 2 aromatic heterocycles. The molecular weight excluding hydrogens is 350 g/mol. The number of anilines is 1. The van der Waals surface area contributed by atoms with Gasteiger partial charge >= 0.3 is 0 Å². The number of hydrogen-bond acceptors (Lipinski definition) is 3. The van der Waals surface area contributed by atoms with Crippen LogP contribution in [-0.4, -0.2) is 20.7 Å². The van der Waals surface area contributed by atoms with Gasteiger partial charge in [0.25, 0.3) is 5.91 Å². The van der Waals surface area contributed by atoms with Crippen molar-refractivity contribution in [3.63, 3.8) is 0 Å². The molecule has 0 fully saturated rings. The number of hydrogen-bond donors (Lipinski definition) is 1. The number of carbonyl (C=O) groups is 1. The van der Waals surface area contributed by atoms with Gasteiger partial charge in [-0.1, -0.05) is 11.6 Å². The molecule has 8 heteroatoms. The van der Waals surface area contributed by atoms with Crippen molar-refractivity contribution in [1.82, 2.24) is 14.8 Å². The van der Waals surface area contributed by atoms with Crippen molar-refractivity contribution in [1.29, 1.82) is 0 Å². The molecule has 3 aromatic rings. The summed E-state index contributed by atoms with van der Waals surface area (Å²) >= 11 is 5.79. The zero-order valence-corrected chi connectivity index (χ0v) is 14.1. The van der Waals surface area contributed by atoms with Crippen molar-refractivity contribution < 1.29 is 13.6 Å². The molecule has 0 aliphatic heterocycles. The number of amides is 1. The Labute approximate surface area is 147 Å². The Morgan fingerprint density at radius 1 is 1.16 bits per heavy atom. The monoisotopic (exact) mass is 362 g/mol. The van der Waals surface area contributed by atoms with Crippen LogP contribution in [0.15, 0.2) is 36.5 Å². The van der Waals surface area contributed by atoms with E-state index in [9.17, 15) is 13.6 Å². The van der Waals surface area contributed by atoms with E-state index in [4.69, 9.17) is 11.6 Å². The predicted molar refractivity (Wildman–Crippen MR) is 90.2 cm³/mol.